The van der Waals surface area contributed by atoms with Crippen molar-refractivity contribution in [3.05, 3.63) is 18.1 Å². The third-order valence-electron chi connectivity index (χ3n) is 1.93. The van der Waals surface area contributed by atoms with E-state index < -0.39 is 0 Å². The van der Waals surface area contributed by atoms with Gasteiger partial charge in [-0.25, -0.2) is 4.98 Å². The van der Waals surface area contributed by atoms with Gasteiger partial charge in [0.05, 0.1) is 25.2 Å². The van der Waals surface area contributed by atoms with Crippen LogP contribution in [0.25, 0.3) is 0 Å². The van der Waals surface area contributed by atoms with Crippen molar-refractivity contribution in [2.24, 2.45) is 0 Å². The molecule has 0 spiro atoms. The van der Waals surface area contributed by atoms with Crippen LogP contribution in [0, 0.1) is 0 Å². The van der Waals surface area contributed by atoms with Crippen LogP contribution in [0.1, 0.15) is 12.1 Å². The van der Waals surface area contributed by atoms with Crippen molar-refractivity contribution >= 4 is 0 Å². The summed E-state index contributed by atoms with van der Waals surface area (Å²) in [7, 11) is 5.73. The van der Waals surface area contributed by atoms with Gasteiger partial charge in [0.15, 0.2) is 0 Å². The molecule has 0 aliphatic heterocycles. The Hall–Kier alpha value is -1.16. The van der Waals surface area contributed by atoms with Crippen molar-refractivity contribution in [2.45, 2.75) is 12.8 Å². The van der Waals surface area contributed by atoms with E-state index >= 15 is 0 Å². The molecule has 1 heterocycles. The van der Waals surface area contributed by atoms with Crippen molar-refractivity contribution in [2.75, 3.05) is 27.7 Å². The summed E-state index contributed by atoms with van der Waals surface area (Å²) >= 11 is 0. The highest BCUT2D eigenvalue weighted by Crippen LogP contribution is 2.04. The first kappa shape index (κ1) is 10.9. The fraction of sp³-hybridized carbons (Fsp3) is 0.600. The summed E-state index contributed by atoms with van der Waals surface area (Å²) in [6.07, 6.45) is 5.50. The third kappa shape index (κ3) is 3.70. The number of methoxy groups -OCH3 is 1. The molecule has 0 aliphatic rings. The van der Waals surface area contributed by atoms with Gasteiger partial charge in [0, 0.05) is 0 Å². The summed E-state index contributed by atoms with van der Waals surface area (Å²) in [5.74, 6) is 0.571. The van der Waals surface area contributed by atoms with E-state index in [-0.39, 0.29) is 0 Å². The van der Waals surface area contributed by atoms with Gasteiger partial charge in [-0.05, 0) is 33.5 Å². The van der Waals surface area contributed by atoms with Gasteiger partial charge in [-0.15, -0.1) is 0 Å². The lowest BCUT2D eigenvalue weighted by Crippen LogP contribution is -2.13. The highest BCUT2D eigenvalue weighted by molar-refractivity contribution is 5.06. The van der Waals surface area contributed by atoms with E-state index in [1.165, 1.54) is 0 Å². The van der Waals surface area contributed by atoms with Crippen LogP contribution in [0.15, 0.2) is 12.4 Å². The summed E-state index contributed by atoms with van der Waals surface area (Å²) in [5, 5.41) is 0. The molecule has 0 aliphatic carbocycles. The maximum atomic E-state index is 4.93. The molecule has 0 radical (unpaired) electrons. The van der Waals surface area contributed by atoms with Gasteiger partial charge in [0.25, 0.3) is 0 Å². The molecule has 0 fully saturated rings. The zero-order valence-electron chi connectivity index (χ0n) is 9.03. The summed E-state index contributed by atoms with van der Waals surface area (Å²) < 4.78 is 4.93. The molecule has 0 amide bonds. The highest BCUT2D eigenvalue weighted by atomic mass is 16.5. The Morgan fingerprint density at radius 1 is 1.29 bits per heavy atom. The first-order valence-electron chi connectivity index (χ1n) is 4.72. The maximum absolute atomic E-state index is 4.93. The molecule has 0 N–H and O–H groups in total. The van der Waals surface area contributed by atoms with Gasteiger partial charge in [-0.2, -0.15) is 0 Å². The lowest BCUT2D eigenvalue weighted by molar-refractivity contribution is 0.392. The summed E-state index contributed by atoms with van der Waals surface area (Å²) in [5.41, 5.74) is 1.02. The smallest absolute Gasteiger partial charge is 0.231 e. The molecular weight excluding hydrogens is 178 g/mol. The number of rotatable bonds is 5. The van der Waals surface area contributed by atoms with E-state index in [0.717, 1.165) is 25.1 Å². The Labute approximate surface area is 84.9 Å². The Bertz CT molecular complexity index is 259. The lowest BCUT2D eigenvalue weighted by Gasteiger charge is -2.08. The molecule has 4 nitrogen and oxygen atoms in total. The minimum absolute atomic E-state index is 0.571. The van der Waals surface area contributed by atoms with Gasteiger partial charge in [-0.1, -0.05) is 0 Å². The molecule has 14 heavy (non-hydrogen) atoms. The predicted octanol–water partition coefficient (Wildman–Crippen LogP) is 0.979. The van der Waals surface area contributed by atoms with Crippen LogP contribution < -0.4 is 4.74 Å². The van der Waals surface area contributed by atoms with Gasteiger partial charge < -0.3 is 9.64 Å². The second-order valence-corrected chi connectivity index (χ2v) is 3.46. The monoisotopic (exact) mass is 195 g/mol. The molecule has 4 heteroatoms. The summed E-state index contributed by atoms with van der Waals surface area (Å²) in [6, 6.07) is 0. The number of aryl methyl sites for hydroxylation is 1. The molecule has 78 valence electrons. The maximum Gasteiger partial charge on any atom is 0.231 e. The van der Waals surface area contributed by atoms with Crippen molar-refractivity contribution in [1.82, 2.24) is 14.9 Å². The van der Waals surface area contributed by atoms with Crippen LogP contribution in [0.3, 0.4) is 0 Å². The fourth-order valence-corrected chi connectivity index (χ4v) is 1.15. The van der Waals surface area contributed by atoms with E-state index in [1.54, 1.807) is 19.5 Å². The Morgan fingerprint density at radius 3 is 2.57 bits per heavy atom. The van der Waals surface area contributed by atoms with Gasteiger partial charge >= 0.3 is 0 Å². The standard InChI is InChI=1S/C10H17N3O/c1-13(2)6-4-5-9-7-12-10(14-3)8-11-9/h7-8H,4-6H2,1-3H3. The second-order valence-electron chi connectivity index (χ2n) is 3.46. The second kappa shape index (κ2) is 5.54. The minimum atomic E-state index is 0.571. The molecule has 0 atom stereocenters. The predicted molar refractivity (Wildman–Crippen MR) is 55.5 cm³/mol. The van der Waals surface area contributed by atoms with Crippen LogP contribution in [0.5, 0.6) is 5.88 Å². The first-order chi connectivity index (χ1) is 6.72. The Kier molecular flexibility index (Phi) is 4.32. The molecule has 0 unspecified atom stereocenters. The first-order valence-corrected chi connectivity index (χ1v) is 4.72. The van der Waals surface area contributed by atoms with E-state index in [1.807, 2.05) is 0 Å². The molecular formula is C10H17N3O. The fourth-order valence-electron chi connectivity index (χ4n) is 1.15. The van der Waals surface area contributed by atoms with Crippen molar-refractivity contribution in [3.63, 3.8) is 0 Å². The zero-order chi connectivity index (χ0) is 10.4. The van der Waals surface area contributed by atoms with Gasteiger partial charge in [0.1, 0.15) is 0 Å². The molecule has 0 bridgehead atoms. The third-order valence-corrected chi connectivity index (χ3v) is 1.93. The normalized spacial score (nSPS) is 10.6. The molecule has 1 rings (SSSR count). The van der Waals surface area contributed by atoms with Crippen LogP contribution in [-0.2, 0) is 6.42 Å². The van der Waals surface area contributed by atoms with E-state index in [2.05, 4.69) is 29.0 Å². The van der Waals surface area contributed by atoms with Crippen molar-refractivity contribution in [3.8, 4) is 5.88 Å². The number of nitrogens with zero attached hydrogens (tertiary/aromatic N) is 3. The number of aromatic nitrogens is 2. The SMILES string of the molecule is COc1cnc(CCCN(C)C)cn1. The van der Waals surface area contributed by atoms with Crippen molar-refractivity contribution in [1.29, 1.82) is 0 Å². The number of ether oxygens (including phenoxy) is 1. The number of hydrogen-bond acceptors (Lipinski definition) is 4. The Balaban J connectivity index is 2.36. The van der Waals surface area contributed by atoms with E-state index in [0.29, 0.717) is 5.88 Å². The largest absolute Gasteiger partial charge is 0.480 e. The molecule has 1 aromatic rings. The average molecular weight is 195 g/mol. The highest BCUT2D eigenvalue weighted by Gasteiger charge is 1.97. The Morgan fingerprint density at radius 2 is 2.07 bits per heavy atom. The quantitative estimate of drug-likeness (QED) is 0.702. The average Bonchev–Trinajstić information content (AvgIpc) is 2.18. The van der Waals surface area contributed by atoms with Crippen LogP contribution in [-0.4, -0.2) is 42.6 Å². The number of hydrogen-bond donors (Lipinski definition) is 0. The van der Waals surface area contributed by atoms with Crippen LogP contribution in [0.4, 0.5) is 0 Å². The summed E-state index contributed by atoms with van der Waals surface area (Å²) in [6.45, 7) is 1.08. The molecule has 1 aromatic heterocycles. The minimum Gasteiger partial charge on any atom is -0.480 e. The van der Waals surface area contributed by atoms with E-state index in [9.17, 15) is 0 Å². The van der Waals surface area contributed by atoms with Gasteiger partial charge in [0.2, 0.25) is 5.88 Å². The van der Waals surface area contributed by atoms with Crippen LogP contribution >= 0.6 is 0 Å². The summed E-state index contributed by atoms with van der Waals surface area (Å²) in [4.78, 5) is 10.5. The lowest BCUT2D eigenvalue weighted by atomic mass is 10.2. The molecule has 0 aromatic carbocycles. The van der Waals surface area contributed by atoms with Crippen LogP contribution in [0.2, 0.25) is 0 Å². The zero-order valence-corrected chi connectivity index (χ0v) is 9.03. The van der Waals surface area contributed by atoms with E-state index in [4.69, 9.17) is 4.74 Å². The van der Waals surface area contributed by atoms with Crippen molar-refractivity contribution < 1.29 is 4.74 Å². The molecule has 0 saturated heterocycles. The molecule has 0 saturated carbocycles. The topological polar surface area (TPSA) is 38.2 Å². The van der Waals surface area contributed by atoms with Gasteiger partial charge in [-0.3, -0.25) is 4.98 Å².